The van der Waals surface area contributed by atoms with Gasteiger partial charge >= 0.3 is 0 Å². The van der Waals surface area contributed by atoms with Gasteiger partial charge in [-0.1, -0.05) is 15.9 Å². The Morgan fingerprint density at radius 2 is 2.29 bits per heavy atom. The lowest BCUT2D eigenvalue weighted by atomic mass is 10.2. The van der Waals surface area contributed by atoms with E-state index in [9.17, 15) is 4.79 Å². The van der Waals surface area contributed by atoms with Crippen LogP contribution in [0.2, 0.25) is 0 Å². The third kappa shape index (κ3) is 3.69. The zero-order chi connectivity index (χ0) is 15.4. The van der Waals surface area contributed by atoms with Gasteiger partial charge in [-0.05, 0) is 25.1 Å². The molecule has 0 spiro atoms. The van der Waals surface area contributed by atoms with Gasteiger partial charge in [0.1, 0.15) is 5.75 Å². The minimum absolute atomic E-state index is 0.342. The first-order valence-corrected chi connectivity index (χ1v) is 6.97. The largest absolute Gasteiger partial charge is 0.496 e. The van der Waals surface area contributed by atoms with Crippen molar-refractivity contribution in [3.8, 4) is 5.75 Å². The minimum atomic E-state index is -0.342. The molecule has 7 heteroatoms. The van der Waals surface area contributed by atoms with E-state index in [4.69, 9.17) is 4.74 Å². The maximum absolute atomic E-state index is 12.1. The Bertz CT molecular complexity index is 694. The summed E-state index contributed by atoms with van der Waals surface area (Å²) in [6.45, 7) is 1.88. The van der Waals surface area contributed by atoms with E-state index in [2.05, 4.69) is 31.6 Å². The predicted octanol–water partition coefficient (Wildman–Crippen LogP) is 2.26. The van der Waals surface area contributed by atoms with Crippen molar-refractivity contribution in [3.63, 3.8) is 0 Å². The number of benzene rings is 1. The number of rotatable bonds is 4. The van der Waals surface area contributed by atoms with Crippen LogP contribution >= 0.6 is 15.9 Å². The number of hydrogen-bond acceptors (Lipinski definition) is 4. The molecule has 0 saturated heterocycles. The van der Waals surface area contributed by atoms with Gasteiger partial charge in [0, 0.05) is 23.3 Å². The number of ether oxygens (including phenoxy) is 1. The number of carbonyl (C=O) groups is 1. The number of hydrogen-bond donors (Lipinski definition) is 1. The van der Waals surface area contributed by atoms with Crippen molar-refractivity contribution >= 4 is 28.1 Å². The Morgan fingerprint density at radius 1 is 1.52 bits per heavy atom. The molecule has 1 amide bonds. The lowest BCUT2D eigenvalue weighted by Gasteiger charge is -2.07. The molecule has 110 valence electrons. The quantitative estimate of drug-likeness (QED) is 0.679. The first-order chi connectivity index (χ1) is 10.0. The number of aryl methyl sites for hydroxylation is 2. The first kappa shape index (κ1) is 15.2. The molecule has 0 aliphatic heterocycles. The van der Waals surface area contributed by atoms with Crippen molar-refractivity contribution in [1.29, 1.82) is 0 Å². The van der Waals surface area contributed by atoms with Crippen molar-refractivity contribution in [1.82, 2.24) is 15.2 Å². The van der Waals surface area contributed by atoms with Gasteiger partial charge in [-0.15, -0.1) is 0 Å². The van der Waals surface area contributed by atoms with Crippen LogP contribution in [0.1, 0.15) is 21.6 Å². The molecule has 0 unspecified atom stereocenters. The summed E-state index contributed by atoms with van der Waals surface area (Å²) in [6, 6.07) is 5.20. The molecule has 6 nitrogen and oxygen atoms in total. The van der Waals surface area contributed by atoms with Gasteiger partial charge in [0.05, 0.1) is 24.6 Å². The number of hydrazone groups is 1. The summed E-state index contributed by atoms with van der Waals surface area (Å²) in [5, 5.41) is 8.14. The van der Waals surface area contributed by atoms with E-state index >= 15 is 0 Å². The van der Waals surface area contributed by atoms with Crippen LogP contribution in [0.5, 0.6) is 5.75 Å². The number of nitrogens with zero attached hydrogens (tertiary/aromatic N) is 3. The van der Waals surface area contributed by atoms with Crippen LogP contribution in [0.3, 0.4) is 0 Å². The SMILES string of the molecule is COc1ccc(Br)cc1C(=O)N/N=C\c1cn(C)nc1C. The van der Waals surface area contributed by atoms with Crippen molar-refractivity contribution in [2.75, 3.05) is 7.11 Å². The molecule has 0 bridgehead atoms. The molecule has 1 N–H and O–H groups in total. The van der Waals surface area contributed by atoms with Crippen molar-refractivity contribution in [2.45, 2.75) is 6.92 Å². The summed E-state index contributed by atoms with van der Waals surface area (Å²) in [6.07, 6.45) is 3.38. The molecule has 0 atom stereocenters. The second kappa shape index (κ2) is 6.53. The molecule has 0 aliphatic carbocycles. The van der Waals surface area contributed by atoms with Gasteiger partial charge < -0.3 is 4.74 Å². The summed E-state index contributed by atoms with van der Waals surface area (Å²) >= 11 is 3.33. The second-order valence-corrected chi connectivity index (χ2v) is 5.30. The minimum Gasteiger partial charge on any atom is -0.496 e. The number of amides is 1. The van der Waals surface area contributed by atoms with Crippen molar-refractivity contribution in [3.05, 3.63) is 45.7 Å². The normalized spacial score (nSPS) is 10.9. The molecule has 1 aromatic carbocycles. The third-order valence-electron chi connectivity index (χ3n) is 2.83. The molecule has 0 aliphatic rings. The fraction of sp³-hybridized carbons (Fsp3) is 0.214. The number of aromatic nitrogens is 2. The Balaban J connectivity index is 2.12. The number of nitrogens with one attached hydrogen (secondary N) is 1. The highest BCUT2D eigenvalue weighted by Gasteiger charge is 2.12. The van der Waals surface area contributed by atoms with Crippen molar-refractivity contribution < 1.29 is 9.53 Å². The van der Waals surface area contributed by atoms with Crippen LogP contribution in [-0.4, -0.2) is 29.0 Å². The summed E-state index contributed by atoms with van der Waals surface area (Å²) < 4.78 is 7.64. The van der Waals surface area contributed by atoms with Crippen LogP contribution in [0.25, 0.3) is 0 Å². The van der Waals surface area contributed by atoms with Gasteiger partial charge in [-0.2, -0.15) is 10.2 Å². The molecule has 0 radical (unpaired) electrons. The first-order valence-electron chi connectivity index (χ1n) is 6.18. The van der Waals surface area contributed by atoms with E-state index in [1.54, 1.807) is 29.1 Å². The van der Waals surface area contributed by atoms with Gasteiger partial charge in [0.2, 0.25) is 0 Å². The van der Waals surface area contributed by atoms with Crippen LogP contribution in [0.4, 0.5) is 0 Å². The standard InChI is InChI=1S/C14H15BrN4O2/c1-9-10(8-19(2)18-9)7-16-17-14(20)12-6-11(15)4-5-13(12)21-3/h4-8H,1-3H3,(H,17,20)/b16-7-. The fourth-order valence-electron chi connectivity index (χ4n) is 1.82. The fourth-order valence-corrected chi connectivity index (χ4v) is 2.18. The van der Waals surface area contributed by atoms with E-state index < -0.39 is 0 Å². The maximum atomic E-state index is 12.1. The molecule has 2 aromatic rings. The van der Waals surface area contributed by atoms with Crippen LogP contribution in [0, 0.1) is 6.92 Å². The highest BCUT2D eigenvalue weighted by molar-refractivity contribution is 9.10. The smallest absolute Gasteiger partial charge is 0.275 e. The Hall–Kier alpha value is -2.15. The summed E-state index contributed by atoms with van der Waals surface area (Å²) in [5.41, 5.74) is 4.58. The Labute approximate surface area is 130 Å². The summed E-state index contributed by atoms with van der Waals surface area (Å²) in [4.78, 5) is 12.1. The number of halogens is 1. The monoisotopic (exact) mass is 350 g/mol. The van der Waals surface area contributed by atoms with Crippen molar-refractivity contribution in [2.24, 2.45) is 12.1 Å². The average Bonchev–Trinajstić information content (AvgIpc) is 2.77. The molecule has 21 heavy (non-hydrogen) atoms. The zero-order valence-corrected chi connectivity index (χ0v) is 13.5. The second-order valence-electron chi connectivity index (χ2n) is 4.39. The highest BCUT2D eigenvalue weighted by Crippen LogP contribution is 2.22. The molecule has 0 saturated carbocycles. The van der Waals surface area contributed by atoms with Gasteiger partial charge in [0.15, 0.2) is 0 Å². The highest BCUT2D eigenvalue weighted by atomic mass is 79.9. The Kier molecular flexibility index (Phi) is 4.74. The van der Waals surface area contributed by atoms with Crippen LogP contribution in [-0.2, 0) is 7.05 Å². The lowest BCUT2D eigenvalue weighted by molar-refractivity contribution is 0.0952. The third-order valence-corrected chi connectivity index (χ3v) is 3.32. The predicted molar refractivity (Wildman–Crippen MR) is 83.7 cm³/mol. The zero-order valence-electron chi connectivity index (χ0n) is 11.9. The summed E-state index contributed by atoms with van der Waals surface area (Å²) in [7, 11) is 3.34. The number of methoxy groups -OCH3 is 1. The van der Waals surface area contributed by atoms with Gasteiger partial charge in [0.25, 0.3) is 5.91 Å². The van der Waals surface area contributed by atoms with E-state index in [1.807, 2.05) is 20.2 Å². The van der Waals surface area contributed by atoms with Crippen LogP contribution in [0.15, 0.2) is 34.0 Å². The molecule has 1 aromatic heterocycles. The topological polar surface area (TPSA) is 68.5 Å². The number of carbonyl (C=O) groups excluding carboxylic acids is 1. The van der Waals surface area contributed by atoms with E-state index in [1.165, 1.54) is 7.11 Å². The molecule has 2 rings (SSSR count). The maximum Gasteiger partial charge on any atom is 0.275 e. The van der Waals surface area contributed by atoms with Crippen LogP contribution < -0.4 is 10.2 Å². The Morgan fingerprint density at radius 3 is 2.90 bits per heavy atom. The lowest BCUT2D eigenvalue weighted by Crippen LogP contribution is -2.18. The summed E-state index contributed by atoms with van der Waals surface area (Å²) in [5.74, 6) is 0.148. The van der Waals surface area contributed by atoms with Gasteiger partial charge in [-0.3, -0.25) is 9.48 Å². The van der Waals surface area contributed by atoms with Gasteiger partial charge in [-0.25, -0.2) is 5.43 Å². The molecule has 1 heterocycles. The molecule has 0 fully saturated rings. The van der Waals surface area contributed by atoms with E-state index in [0.29, 0.717) is 11.3 Å². The van der Waals surface area contributed by atoms with E-state index in [-0.39, 0.29) is 5.91 Å². The average molecular weight is 351 g/mol. The van der Waals surface area contributed by atoms with E-state index in [0.717, 1.165) is 15.7 Å². The molecular formula is C14H15BrN4O2. The molecular weight excluding hydrogens is 336 g/mol.